The van der Waals surface area contributed by atoms with Crippen LogP contribution in [-0.2, 0) is 16.6 Å². The van der Waals surface area contributed by atoms with Crippen molar-refractivity contribution < 1.29 is 12.8 Å². The Morgan fingerprint density at radius 1 is 1.26 bits per heavy atom. The van der Waals surface area contributed by atoms with Gasteiger partial charge in [-0.2, -0.15) is 0 Å². The van der Waals surface area contributed by atoms with E-state index in [0.717, 1.165) is 16.1 Å². The molecule has 0 radical (unpaired) electrons. The van der Waals surface area contributed by atoms with Crippen LogP contribution < -0.4 is 4.72 Å². The summed E-state index contributed by atoms with van der Waals surface area (Å²) in [7, 11) is -3.95. The van der Waals surface area contributed by atoms with Gasteiger partial charge in [-0.1, -0.05) is 28.1 Å². The molecule has 2 rings (SSSR count). The maximum atomic E-state index is 13.4. The number of aromatic nitrogens is 1. The topological polar surface area (TPSA) is 59.1 Å². The number of rotatable bonds is 4. The van der Waals surface area contributed by atoms with E-state index in [0.29, 0.717) is 0 Å². The normalized spacial score (nSPS) is 11.5. The Hall–Kier alpha value is -1.31. The molecule has 0 fully saturated rings. The van der Waals surface area contributed by atoms with Gasteiger partial charge in [0.25, 0.3) is 10.0 Å². The summed E-state index contributed by atoms with van der Waals surface area (Å²) in [6.07, 6.45) is 1.23. The van der Waals surface area contributed by atoms with Gasteiger partial charge >= 0.3 is 0 Å². The van der Waals surface area contributed by atoms with Gasteiger partial charge in [0.05, 0.1) is 0 Å². The Balaban J connectivity index is 2.17. The summed E-state index contributed by atoms with van der Waals surface area (Å²) >= 11 is 3.29. The summed E-state index contributed by atoms with van der Waals surface area (Å²) in [5.41, 5.74) is 0.759. The lowest BCUT2D eigenvalue weighted by Gasteiger charge is -2.07. The molecule has 7 heteroatoms. The molecule has 0 saturated heterocycles. The van der Waals surface area contributed by atoms with Gasteiger partial charge in [-0.05, 0) is 29.8 Å². The van der Waals surface area contributed by atoms with Crippen molar-refractivity contribution in [1.82, 2.24) is 9.71 Å². The molecule has 0 atom stereocenters. The third-order valence-electron chi connectivity index (χ3n) is 2.33. The zero-order valence-electron chi connectivity index (χ0n) is 9.68. The lowest BCUT2D eigenvalue weighted by Crippen LogP contribution is -2.25. The molecule has 0 aliphatic heterocycles. The van der Waals surface area contributed by atoms with E-state index in [1.807, 2.05) is 6.07 Å². The number of nitrogens with one attached hydrogen (secondary N) is 1. The molecule has 1 aromatic carbocycles. The van der Waals surface area contributed by atoms with Crippen molar-refractivity contribution in [3.05, 3.63) is 58.4 Å². The summed E-state index contributed by atoms with van der Waals surface area (Å²) < 4.78 is 40.3. The Labute approximate surface area is 118 Å². The molecule has 0 aliphatic carbocycles. The van der Waals surface area contributed by atoms with E-state index in [9.17, 15) is 12.8 Å². The summed E-state index contributed by atoms with van der Waals surface area (Å²) in [5.74, 6) is -0.871. The highest BCUT2D eigenvalue weighted by molar-refractivity contribution is 9.10. The molecule has 100 valence electrons. The summed E-state index contributed by atoms with van der Waals surface area (Å²) in [4.78, 5) is 3.55. The van der Waals surface area contributed by atoms with Gasteiger partial charge in [0.2, 0.25) is 5.03 Å². The van der Waals surface area contributed by atoms with E-state index >= 15 is 0 Å². The predicted molar refractivity (Wildman–Crippen MR) is 72.4 cm³/mol. The fourth-order valence-corrected chi connectivity index (χ4v) is 2.93. The van der Waals surface area contributed by atoms with Crippen LogP contribution in [0.5, 0.6) is 0 Å². The first-order chi connectivity index (χ1) is 8.99. The largest absolute Gasteiger partial charge is 0.261 e. The average molecular weight is 345 g/mol. The molecular formula is C12H10BrFN2O2S. The first kappa shape index (κ1) is 14.1. The second-order valence-electron chi connectivity index (χ2n) is 3.74. The maximum Gasteiger partial charge on any atom is 0.261 e. The molecule has 1 aromatic heterocycles. The van der Waals surface area contributed by atoms with Gasteiger partial charge in [0.15, 0.2) is 5.82 Å². The summed E-state index contributed by atoms with van der Waals surface area (Å²) in [6.45, 7) is 0.0672. The van der Waals surface area contributed by atoms with Crippen molar-refractivity contribution >= 4 is 26.0 Å². The predicted octanol–water partition coefficient (Wildman–Crippen LogP) is 2.46. The number of hydrogen-bond donors (Lipinski definition) is 1. The van der Waals surface area contributed by atoms with Crippen LogP contribution in [0.25, 0.3) is 0 Å². The van der Waals surface area contributed by atoms with Crippen LogP contribution in [0.3, 0.4) is 0 Å². The molecule has 1 N–H and O–H groups in total. The number of halogens is 2. The SMILES string of the molecule is O=S(=O)(NCc1cccc(Br)c1)c1ncccc1F. The highest BCUT2D eigenvalue weighted by Crippen LogP contribution is 2.13. The molecule has 4 nitrogen and oxygen atoms in total. The van der Waals surface area contributed by atoms with E-state index in [1.165, 1.54) is 12.3 Å². The smallest absolute Gasteiger partial charge is 0.241 e. The first-order valence-corrected chi connectivity index (χ1v) is 7.61. The minimum atomic E-state index is -3.95. The zero-order valence-corrected chi connectivity index (χ0v) is 12.1. The van der Waals surface area contributed by atoms with Gasteiger partial charge < -0.3 is 0 Å². The van der Waals surface area contributed by atoms with Crippen LogP contribution >= 0.6 is 15.9 Å². The van der Waals surface area contributed by atoms with Crippen LogP contribution in [0.15, 0.2) is 52.1 Å². The maximum absolute atomic E-state index is 13.4. The molecule has 0 bridgehead atoms. The zero-order chi connectivity index (χ0) is 13.9. The molecule has 0 spiro atoms. The molecule has 19 heavy (non-hydrogen) atoms. The van der Waals surface area contributed by atoms with Crippen molar-refractivity contribution in [2.75, 3.05) is 0 Å². The number of benzene rings is 1. The Morgan fingerprint density at radius 3 is 2.74 bits per heavy atom. The second kappa shape index (κ2) is 5.77. The van der Waals surface area contributed by atoms with Crippen molar-refractivity contribution in [2.45, 2.75) is 11.6 Å². The van der Waals surface area contributed by atoms with Crippen molar-refractivity contribution in [1.29, 1.82) is 0 Å². The van der Waals surface area contributed by atoms with Crippen LogP contribution in [0.1, 0.15) is 5.56 Å². The van der Waals surface area contributed by atoms with Crippen molar-refractivity contribution in [2.24, 2.45) is 0 Å². The number of sulfonamides is 1. The first-order valence-electron chi connectivity index (χ1n) is 5.34. The van der Waals surface area contributed by atoms with Crippen LogP contribution in [-0.4, -0.2) is 13.4 Å². The molecule has 0 amide bonds. The number of pyridine rings is 1. The van der Waals surface area contributed by atoms with Crippen molar-refractivity contribution in [3.63, 3.8) is 0 Å². The summed E-state index contributed by atoms with van der Waals surface area (Å²) in [5, 5.41) is -0.593. The minimum Gasteiger partial charge on any atom is -0.241 e. The Morgan fingerprint density at radius 2 is 2.05 bits per heavy atom. The van der Waals surface area contributed by atoms with Gasteiger partial charge in [0, 0.05) is 17.2 Å². The van der Waals surface area contributed by atoms with E-state index in [-0.39, 0.29) is 6.54 Å². The van der Waals surface area contributed by atoms with Gasteiger partial charge in [-0.25, -0.2) is 22.5 Å². The van der Waals surface area contributed by atoms with Crippen LogP contribution in [0.2, 0.25) is 0 Å². The van der Waals surface area contributed by atoms with Gasteiger partial charge in [0.1, 0.15) is 0 Å². The Kier molecular flexibility index (Phi) is 4.28. The standard InChI is InChI=1S/C12H10BrFN2O2S/c13-10-4-1-3-9(7-10)8-16-19(17,18)12-11(14)5-2-6-15-12/h1-7,16H,8H2. The molecule has 0 aliphatic rings. The average Bonchev–Trinajstić information content (AvgIpc) is 2.37. The lowest BCUT2D eigenvalue weighted by atomic mass is 10.2. The highest BCUT2D eigenvalue weighted by atomic mass is 79.9. The summed E-state index contributed by atoms with van der Waals surface area (Å²) in [6, 6.07) is 9.55. The quantitative estimate of drug-likeness (QED) is 0.926. The molecular weight excluding hydrogens is 335 g/mol. The van der Waals surface area contributed by atoms with Gasteiger partial charge in [-0.3, -0.25) is 0 Å². The third-order valence-corrected chi connectivity index (χ3v) is 4.16. The Bertz CT molecular complexity index is 692. The molecule has 1 heterocycles. The highest BCUT2D eigenvalue weighted by Gasteiger charge is 2.19. The van der Waals surface area contributed by atoms with E-state index < -0.39 is 20.9 Å². The van der Waals surface area contributed by atoms with Gasteiger partial charge in [-0.15, -0.1) is 0 Å². The van der Waals surface area contributed by atoms with Crippen LogP contribution in [0.4, 0.5) is 4.39 Å². The second-order valence-corrected chi connectivity index (χ2v) is 6.34. The van der Waals surface area contributed by atoms with Crippen molar-refractivity contribution in [3.8, 4) is 0 Å². The molecule has 0 unspecified atom stereocenters. The third kappa shape index (κ3) is 3.59. The van der Waals surface area contributed by atoms with E-state index in [4.69, 9.17) is 0 Å². The van der Waals surface area contributed by atoms with Crippen LogP contribution in [0, 0.1) is 5.82 Å². The van der Waals surface area contributed by atoms with E-state index in [1.54, 1.807) is 18.2 Å². The minimum absolute atomic E-state index is 0.0672. The lowest BCUT2D eigenvalue weighted by molar-refractivity contribution is 0.544. The number of hydrogen-bond acceptors (Lipinski definition) is 3. The fourth-order valence-electron chi connectivity index (χ4n) is 1.46. The molecule has 2 aromatic rings. The monoisotopic (exact) mass is 344 g/mol. The number of nitrogens with zero attached hydrogens (tertiary/aromatic N) is 1. The van der Waals surface area contributed by atoms with E-state index in [2.05, 4.69) is 25.6 Å². The molecule has 0 saturated carbocycles. The fraction of sp³-hybridized carbons (Fsp3) is 0.0833.